The van der Waals surface area contributed by atoms with E-state index in [1.165, 1.54) is 0 Å². The summed E-state index contributed by atoms with van der Waals surface area (Å²) in [5, 5.41) is 11.4. The lowest BCUT2D eigenvalue weighted by Crippen LogP contribution is -2.34. The van der Waals surface area contributed by atoms with E-state index in [9.17, 15) is 22.4 Å². The zero-order valence-corrected chi connectivity index (χ0v) is 10.3. The summed E-state index contributed by atoms with van der Waals surface area (Å²) in [7, 11) is 0. The van der Waals surface area contributed by atoms with Crippen LogP contribution >= 0.6 is 0 Å². The predicted molar refractivity (Wildman–Crippen MR) is 61.3 cm³/mol. The van der Waals surface area contributed by atoms with Crippen molar-refractivity contribution in [2.24, 2.45) is 5.92 Å². The number of alkyl halides is 3. The third-order valence-corrected chi connectivity index (χ3v) is 2.53. The fourth-order valence-electron chi connectivity index (χ4n) is 1.53. The quantitative estimate of drug-likeness (QED) is 0.831. The Bertz CT molecular complexity index is 471. The molecular formula is C12H13F4NO2. The molecule has 0 heterocycles. The van der Waals surface area contributed by atoms with Gasteiger partial charge in [-0.15, -0.1) is 0 Å². The van der Waals surface area contributed by atoms with Crippen LogP contribution in [0.5, 0.6) is 0 Å². The summed E-state index contributed by atoms with van der Waals surface area (Å²) in [6, 6.07) is 1.22. The van der Waals surface area contributed by atoms with E-state index in [0.29, 0.717) is 12.1 Å². The van der Waals surface area contributed by atoms with Gasteiger partial charge in [0.1, 0.15) is 11.9 Å². The maximum atomic E-state index is 13.3. The summed E-state index contributed by atoms with van der Waals surface area (Å²) < 4.78 is 50.3. The van der Waals surface area contributed by atoms with Gasteiger partial charge in [-0.3, -0.25) is 0 Å². The van der Waals surface area contributed by atoms with Crippen LogP contribution in [0.25, 0.3) is 0 Å². The molecule has 0 saturated heterocycles. The second-order valence-electron chi connectivity index (χ2n) is 4.40. The molecule has 1 aromatic carbocycles. The van der Waals surface area contributed by atoms with Crippen LogP contribution < -0.4 is 5.32 Å². The Labute approximate surface area is 107 Å². The van der Waals surface area contributed by atoms with Crippen molar-refractivity contribution in [2.75, 3.05) is 5.32 Å². The number of anilines is 1. The summed E-state index contributed by atoms with van der Waals surface area (Å²) in [5.41, 5.74) is -1.39. The summed E-state index contributed by atoms with van der Waals surface area (Å²) in [6.45, 7) is 3.26. The van der Waals surface area contributed by atoms with Crippen molar-refractivity contribution in [3.05, 3.63) is 29.6 Å². The zero-order chi connectivity index (χ0) is 14.8. The Balaban J connectivity index is 2.99. The van der Waals surface area contributed by atoms with Crippen LogP contribution in [0.1, 0.15) is 19.4 Å². The second-order valence-corrected chi connectivity index (χ2v) is 4.40. The van der Waals surface area contributed by atoms with Crippen molar-refractivity contribution in [3.63, 3.8) is 0 Å². The number of hydrogen-bond donors (Lipinski definition) is 2. The number of aliphatic carboxylic acids is 1. The number of hydrogen-bond acceptors (Lipinski definition) is 2. The van der Waals surface area contributed by atoms with Gasteiger partial charge in [0.25, 0.3) is 0 Å². The molecule has 7 heteroatoms. The molecule has 0 aliphatic rings. The third-order valence-electron chi connectivity index (χ3n) is 2.53. The molecule has 3 nitrogen and oxygen atoms in total. The van der Waals surface area contributed by atoms with Crippen LogP contribution in [0.4, 0.5) is 23.2 Å². The first-order chi connectivity index (χ1) is 8.62. The first-order valence-electron chi connectivity index (χ1n) is 5.49. The van der Waals surface area contributed by atoms with Crippen LogP contribution in [0.15, 0.2) is 18.2 Å². The molecule has 19 heavy (non-hydrogen) atoms. The van der Waals surface area contributed by atoms with Crippen LogP contribution in [0.2, 0.25) is 0 Å². The Morgan fingerprint density at radius 2 is 1.89 bits per heavy atom. The van der Waals surface area contributed by atoms with E-state index < -0.39 is 29.6 Å². The predicted octanol–water partition coefficient (Wildman–Crippen LogP) is 3.37. The average molecular weight is 279 g/mol. The Morgan fingerprint density at radius 3 is 2.26 bits per heavy atom. The molecular weight excluding hydrogens is 266 g/mol. The standard InChI is InChI=1S/C12H13F4NO2/c1-6(2)10(11(18)19)17-7-3-4-8(9(13)5-7)12(14,15)16/h3-6,10,17H,1-2H3,(H,18,19). The highest BCUT2D eigenvalue weighted by molar-refractivity contribution is 5.77. The molecule has 1 atom stereocenters. The van der Waals surface area contributed by atoms with Crippen molar-refractivity contribution in [2.45, 2.75) is 26.1 Å². The molecule has 0 spiro atoms. The molecule has 0 fully saturated rings. The van der Waals surface area contributed by atoms with Gasteiger partial charge in [-0.1, -0.05) is 13.8 Å². The van der Waals surface area contributed by atoms with E-state index in [0.717, 1.165) is 6.07 Å². The lowest BCUT2D eigenvalue weighted by Gasteiger charge is -2.19. The lowest BCUT2D eigenvalue weighted by molar-refractivity contribution is -0.140. The van der Waals surface area contributed by atoms with Crippen molar-refractivity contribution in [1.82, 2.24) is 0 Å². The highest BCUT2D eigenvalue weighted by Gasteiger charge is 2.34. The topological polar surface area (TPSA) is 49.3 Å². The third kappa shape index (κ3) is 3.84. The van der Waals surface area contributed by atoms with E-state index in [2.05, 4.69) is 5.32 Å². The number of carboxylic acids is 1. The SMILES string of the molecule is CC(C)C(Nc1ccc(C(F)(F)F)c(F)c1)C(=O)O. The molecule has 2 N–H and O–H groups in total. The molecule has 0 radical (unpaired) electrons. The number of rotatable bonds is 4. The van der Waals surface area contributed by atoms with Gasteiger partial charge in [0.2, 0.25) is 0 Å². The molecule has 0 aliphatic heterocycles. The molecule has 0 saturated carbocycles. The fraction of sp³-hybridized carbons (Fsp3) is 0.417. The van der Waals surface area contributed by atoms with Gasteiger partial charge in [0.05, 0.1) is 5.56 Å². The number of halogens is 4. The summed E-state index contributed by atoms with van der Waals surface area (Å²) in [4.78, 5) is 10.9. The number of nitrogens with one attached hydrogen (secondary N) is 1. The molecule has 106 valence electrons. The van der Waals surface area contributed by atoms with Crippen molar-refractivity contribution >= 4 is 11.7 Å². The first kappa shape index (κ1) is 15.3. The van der Waals surface area contributed by atoms with Gasteiger partial charge in [0, 0.05) is 5.69 Å². The van der Waals surface area contributed by atoms with E-state index in [1.54, 1.807) is 13.8 Å². The van der Waals surface area contributed by atoms with Crippen molar-refractivity contribution < 1.29 is 27.5 Å². The van der Waals surface area contributed by atoms with E-state index in [1.807, 2.05) is 0 Å². The van der Waals surface area contributed by atoms with E-state index in [-0.39, 0.29) is 11.6 Å². The molecule has 1 unspecified atom stereocenters. The minimum Gasteiger partial charge on any atom is -0.480 e. The van der Waals surface area contributed by atoms with E-state index in [4.69, 9.17) is 5.11 Å². The van der Waals surface area contributed by atoms with Crippen molar-refractivity contribution in [1.29, 1.82) is 0 Å². The highest BCUT2D eigenvalue weighted by Crippen LogP contribution is 2.32. The summed E-state index contributed by atoms with van der Waals surface area (Å²) >= 11 is 0. The number of carbonyl (C=O) groups is 1. The lowest BCUT2D eigenvalue weighted by atomic mass is 10.0. The summed E-state index contributed by atoms with van der Waals surface area (Å²) in [5.74, 6) is -2.90. The Hall–Kier alpha value is -1.79. The second kappa shape index (κ2) is 5.46. The molecule has 0 aromatic heterocycles. The molecule has 1 rings (SSSR count). The minimum absolute atomic E-state index is 0.00778. The van der Waals surface area contributed by atoms with Gasteiger partial charge < -0.3 is 10.4 Å². The van der Waals surface area contributed by atoms with Crippen LogP contribution in [0, 0.1) is 11.7 Å². The maximum Gasteiger partial charge on any atom is 0.419 e. The van der Waals surface area contributed by atoms with Gasteiger partial charge in [-0.05, 0) is 24.1 Å². The highest BCUT2D eigenvalue weighted by atomic mass is 19.4. The minimum atomic E-state index is -4.77. The van der Waals surface area contributed by atoms with Crippen LogP contribution in [-0.2, 0) is 11.0 Å². The fourth-order valence-corrected chi connectivity index (χ4v) is 1.53. The maximum absolute atomic E-state index is 13.3. The Kier molecular flexibility index (Phi) is 4.39. The molecule has 0 bridgehead atoms. The smallest absolute Gasteiger partial charge is 0.419 e. The van der Waals surface area contributed by atoms with E-state index >= 15 is 0 Å². The van der Waals surface area contributed by atoms with Crippen LogP contribution in [-0.4, -0.2) is 17.1 Å². The van der Waals surface area contributed by atoms with Gasteiger partial charge >= 0.3 is 12.1 Å². The number of benzene rings is 1. The molecule has 0 aliphatic carbocycles. The molecule has 0 amide bonds. The van der Waals surface area contributed by atoms with Crippen molar-refractivity contribution in [3.8, 4) is 0 Å². The normalized spacial score (nSPS) is 13.4. The van der Waals surface area contributed by atoms with Gasteiger partial charge in [-0.2, -0.15) is 13.2 Å². The number of carboxylic acid groups (broad SMARTS) is 1. The Morgan fingerprint density at radius 1 is 1.32 bits per heavy atom. The van der Waals surface area contributed by atoms with Gasteiger partial charge in [0.15, 0.2) is 0 Å². The molecule has 1 aromatic rings. The average Bonchev–Trinajstić information content (AvgIpc) is 2.23. The zero-order valence-electron chi connectivity index (χ0n) is 10.3. The largest absolute Gasteiger partial charge is 0.480 e. The van der Waals surface area contributed by atoms with Crippen LogP contribution in [0.3, 0.4) is 0 Å². The summed E-state index contributed by atoms with van der Waals surface area (Å²) in [6.07, 6.45) is -4.77. The first-order valence-corrected chi connectivity index (χ1v) is 5.49. The van der Waals surface area contributed by atoms with Gasteiger partial charge in [-0.25, -0.2) is 9.18 Å². The monoisotopic (exact) mass is 279 g/mol.